The summed E-state index contributed by atoms with van der Waals surface area (Å²) in [4.78, 5) is 44.0. The van der Waals surface area contributed by atoms with Gasteiger partial charge in [-0.3, -0.25) is 14.2 Å². The lowest BCUT2D eigenvalue weighted by Crippen LogP contribution is -2.39. The second kappa shape index (κ2) is 12.1. The molecule has 1 atom stereocenters. The lowest BCUT2D eigenvalue weighted by atomic mass is 9.96. The van der Waals surface area contributed by atoms with Gasteiger partial charge in [0.2, 0.25) is 0 Å². The summed E-state index contributed by atoms with van der Waals surface area (Å²) >= 11 is 1.24. The van der Waals surface area contributed by atoms with Crippen molar-refractivity contribution in [2.24, 2.45) is 4.99 Å². The molecule has 1 aliphatic rings. The van der Waals surface area contributed by atoms with Crippen LogP contribution in [0.15, 0.2) is 112 Å². The fourth-order valence-corrected chi connectivity index (χ4v) is 6.20. The predicted molar refractivity (Wildman–Crippen MR) is 167 cm³/mol. The minimum absolute atomic E-state index is 0.172. The molecule has 1 aliphatic heterocycles. The van der Waals surface area contributed by atoms with Crippen LogP contribution in [0.3, 0.4) is 0 Å². The number of esters is 2. The molecule has 0 amide bonds. The first kappa shape index (κ1) is 28.8. The molecule has 2 aromatic heterocycles. The molecule has 3 heterocycles. The minimum Gasteiger partial charge on any atom is -0.463 e. The summed E-state index contributed by atoms with van der Waals surface area (Å²) in [5.74, 6) is -0.636. The van der Waals surface area contributed by atoms with E-state index in [1.54, 1.807) is 42.8 Å². The van der Waals surface area contributed by atoms with Crippen molar-refractivity contribution in [3.05, 3.63) is 133 Å². The topological polar surface area (TPSA) is 105 Å². The highest BCUT2D eigenvalue weighted by atomic mass is 32.1. The van der Waals surface area contributed by atoms with E-state index in [-0.39, 0.29) is 17.7 Å². The van der Waals surface area contributed by atoms with E-state index in [2.05, 4.69) is 4.99 Å². The van der Waals surface area contributed by atoms with Crippen LogP contribution in [0, 0.1) is 0 Å². The Balaban J connectivity index is 1.53. The molecule has 0 radical (unpaired) electrons. The first-order valence-electron chi connectivity index (χ1n) is 14.0. The Morgan fingerprint density at radius 1 is 0.977 bits per heavy atom. The summed E-state index contributed by atoms with van der Waals surface area (Å²) in [5, 5.41) is 4.87. The molecule has 44 heavy (non-hydrogen) atoms. The maximum Gasteiger partial charge on any atom is 0.338 e. The first-order chi connectivity index (χ1) is 21.3. The van der Waals surface area contributed by atoms with Gasteiger partial charge in [-0.1, -0.05) is 72.0 Å². The number of nitrogens with zero attached hydrogens (tertiary/aromatic N) is 4. The maximum absolute atomic E-state index is 14.2. The molecule has 0 bridgehead atoms. The Kier molecular flexibility index (Phi) is 7.91. The molecule has 9 nitrogen and oxygen atoms in total. The van der Waals surface area contributed by atoms with Crippen LogP contribution in [0.4, 0.5) is 0 Å². The normalized spacial score (nSPS) is 14.6. The van der Waals surface area contributed by atoms with Crippen molar-refractivity contribution in [1.29, 1.82) is 0 Å². The Morgan fingerprint density at radius 2 is 1.66 bits per heavy atom. The van der Waals surface area contributed by atoms with E-state index in [0.717, 1.165) is 22.5 Å². The number of allylic oxidation sites excluding steroid dienone is 1. The Labute approximate surface area is 256 Å². The number of hydrogen-bond acceptors (Lipinski definition) is 8. The number of ether oxygens (including phenoxy) is 2. The number of carbonyl (C=O) groups excluding carboxylic acids is 2. The van der Waals surface area contributed by atoms with E-state index >= 15 is 0 Å². The number of benzene rings is 3. The van der Waals surface area contributed by atoms with Crippen LogP contribution in [0.25, 0.3) is 23.0 Å². The van der Waals surface area contributed by atoms with E-state index in [1.807, 2.05) is 72.9 Å². The van der Waals surface area contributed by atoms with Crippen molar-refractivity contribution >= 4 is 29.4 Å². The molecular formula is C34H28N4O5S. The highest BCUT2D eigenvalue weighted by molar-refractivity contribution is 7.07. The van der Waals surface area contributed by atoms with Crippen LogP contribution < -0.4 is 19.6 Å². The summed E-state index contributed by atoms with van der Waals surface area (Å²) in [6.07, 6.45) is 3.72. The molecule has 0 N–H and O–H groups in total. The third-order valence-corrected chi connectivity index (χ3v) is 8.05. The number of rotatable bonds is 7. The van der Waals surface area contributed by atoms with Crippen LogP contribution in [0.2, 0.25) is 0 Å². The number of aromatic nitrogens is 3. The summed E-state index contributed by atoms with van der Waals surface area (Å²) in [7, 11) is 0. The smallest absolute Gasteiger partial charge is 0.338 e. The van der Waals surface area contributed by atoms with Crippen molar-refractivity contribution in [2.45, 2.75) is 26.8 Å². The van der Waals surface area contributed by atoms with Crippen molar-refractivity contribution in [2.75, 3.05) is 6.61 Å². The molecule has 5 aromatic rings. The first-order valence-corrected chi connectivity index (χ1v) is 14.8. The molecule has 6 rings (SSSR count). The van der Waals surface area contributed by atoms with Gasteiger partial charge in [0, 0.05) is 24.2 Å². The third kappa shape index (κ3) is 5.55. The molecule has 3 aromatic carbocycles. The van der Waals surface area contributed by atoms with Crippen LogP contribution >= 0.6 is 11.3 Å². The second-order valence-electron chi connectivity index (χ2n) is 10.0. The average Bonchev–Trinajstić information content (AvgIpc) is 3.58. The number of fused-ring (bicyclic) bond motifs is 1. The third-order valence-electron chi connectivity index (χ3n) is 7.07. The van der Waals surface area contributed by atoms with Gasteiger partial charge >= 0.3 is 11.9 Å². The molecule has 1 unspecified atom stereocenters. The lowest BCUT2D eigenvalue weighted by Gasteiger charge is -2.24. The minimum atomic E-state index is -0.792. The van der Waals surface area contributed by atoms with E-state index in [9.17, 15) is 14.4 Å². The fraction of sp³-hybridized carbons (Fsp3) is 0.147. The lowest BCUT2D eigenvalue weighted by molar-refractivity contribution is -0.139. The van der Waals surface area contributed by atoms with Gasteiger partial charge in [0.1, 0.15) is 5.75 Å². The van der Waals surface area contributed by atoms with Gasteiger partial charge in [-0.25, -0.2) is 14.5 Å². The van der Waals surface area contributed by atoms with Gasteiger partial charge < -0.3 is 9.47 Å². The van der Waals surface area contributed by atoms with Crippen LogP contribution in [0.1, 0.15) is 37.9 Å². The monoisotopic (exact) mass is 604 g/mol. The summed E-state index contributed by atoms with van der Waals surface area (Å²) in [6.45, 7) is 4.96. The van der Waals surface area contributed by atoms with E-state index in [1.165, 1.54) is 22.8 Å². The zero-order chi connectivity index (χ0) is 30.8. The Hall–Kier alpha value is -5.35. The summed E-state index contributed by atoms with van der Waals surface area (Å²) in [6, 6.07) is 25.5. The zero-order valence-corrected chi connectivity index (χ0v) is 25.1. The van der Waals surface area contributed by atoms with E-state index in [0.29, 0.717) is 26.3 Å². The summed E-state index contributed by atoms with van der Waals surface area (Å²) < 4.78 is 14.3. The molecule has 10 heteroatoms. The largest absolute Gasteiger partial charge is 0.463 e. The van der Waals surface area contributed by atoms with Gasteiger partial charge in [0.05, 0.1) is 39.8 Å². The Morgan fingerprint density at radius 3 is 2.32 bits per heavy atom. The number of para-hydroxylation sites is 1. The standard InChI is InChI=1S/C34H28N4O5S/c1-4-42-33(41)29-21(2)35-34-38(31(29)24-15-17-27(18-16-24)43-22(3)39)32(40)28(44-34)19-25-20-37(26-13-9-6-10-14-26)36-30(25)23-11-7-5-8-12-23/h5-20,31H,4H2,1-3H3/b28-19+. The molecule has 220 valence electrons. The van der Waals surface area contributed by atoms with Crippen molar-refractivity contribution in [3.63, 3.8) is 0 Å². The molecule has 0 spiro atoms. The number of hydrogen-bond donors (Lipinski definition) is 0. The molecular weight excluding hydrogens is 576 g/mol. The van der Waals surface area contributed by atoms with Crippen LogP contribution in [0.5, 0.6) is 5.75 Å². The quantitative estimate of drug-likeness (QED) is 0.199. The highest BCUT2D eigenvalue weighted by Gasteiger charge is 2.33. The van der Waals surface area contributed by atoms with Crippen LogP contribution in [-0.2, 0) is 14.3 Å². The summed E-state index contributed by atoms with van der Waals surface area (Å²) in [5.41, 5.74) is 4.36. The van der Waals surface area contributed by atoms with E-state index < -0.39 is 18.0 Å². The molecule has 0 aliphatic carbocycles. The van der Waals surface area contributed by atoms with Crippen LogP contribution in [-0.4, -0.2) is 32.9 Å². The maximum atomic E-state index is 14.2. The number of thiazole rings is 1. The zero-order valence-electron chi connectivity index (χ0n) is 24.3. The van der Waals surface area contributed by atoms with Gasteiger partial charge in [0.25, 0.3) is 5.56 Å². The van der Waals surface area contributed by atoms with Crippen molar-refractivity contribution in [1.82, 2.24) is 14.3 Å². The van der Waals surface area contributed by atoms with E-state index in [4.69, 9.17) is 14.6 Å². The van der Waals surface area contributed by atoms with Gasteiger partial charge in [-0.2, -0.15) is 5.10 Å². The fourth-order valence-electron chi connectivity index (χ4n) is 5.16. The highest BCUT2D eigenvalue weighted by Crippen LogP contribution is 2.32. The van der Waals surface area contributed by atoms with Gasteiger partial charge in [-0.05, 0) is 49.8 Å². The Bertz CT molecular complexity index is 2080. The average molecular weight is 605 g/mol. The van der Waals surface area contributed by atoms with Crippen molar-refractivity contribution < 1.29 is 19.1 Å². The molecule has 0 saturated heterocycles. The molecule has 0 fully saturated rings. The number of carbonyl (C=O) groups is 2. The predicted octanol–water partition coefficient (Wildman–Crippen LogP) is 4.58. The van der Waals surface area contributed by atoms with Gasteiger partial charge in [-0.15, -0.1) is 0 Å². The van der Waals surface area contributed by atoms with Gasteiger partial charge in [0.15, 0.2) is 4.80 Å². The molecule has 0 saturated carbocycles. The SMILES string of the molecule is CCOC(=O)C1=C(C)N=c2s/c(=C/c3cn(-c4ccccc4)nc3-c3ccccc3)c(=O)n2C1c1ccc(OC(C)=O)cc1. The van der Waals surface area contributed by atoms with Crippen molar-refractivity contribution in [3.8, 4) is 22.7 Å². The second-order valence-corrected chi connectivity index (χ2v) is 11.1.